The van der Waals surface area contributed by atoms with Crippen LogP contribution in [0, 0.1) is 0 Å². The minimum absolute atomic E-state index is 0.0309. The van der Waals surface area contributed by atoms with Crippen molar-refractivity contribution in [3.8, 4) is 5.75 Å². The summed E-state index contributed by atoms with van der Waals surface area (Å²) in [4.78, 5) is 25.1. The highest BCUT2D eigenvalue weighted by atomic mass is 35.5. The van der Waals surface area contributed by atoms with E-state index in [0.29, 0.717) is 5.56 Å². The summed E-state index contributed by atoms with van der Waals surface area (Å²) < 4.78 is 38.7. The van der Waals surface area contributed by atoms with Crippen molar-refractivity contribution < 1.29 is 27.5 Å². The molecule has 1 aliphatic rings. The van der Waals surface area contributed by atoms with Crippen LogP contribution >= 0.6 is 11.6 Å². The number of fused-ring (bicyclic) bond motifs is 1. The van der Waals surface area contributed by atoms with Gasteiger partial charge in [0.05, 0.1) is 26.3 Å². The molecular weight excluding hydrogens is 504 g/mol. The van der Waals surface area contributed by atoms with E-state index in [4.69, 9.17) is 16.3 Å². The van der Waals surface area contributed by atoms with Gasteiger partial charge in [0.2, 0.25) is 0 Å². The first kappa shape index (κ1) is 25.5. The number of halogens is 1. The van der Waals surface area contributed by atoms with Gasteiger partial charge in [0, 0.05) is 22.8 Å². The number of carbonyl (C=O) groups excluding carboxylic acids is 2. The van der Waals surface area contributed by atoms with Crippen molar-refractivity contribution in [2.75, 3.05) is 30.4 Å². The Bertz CT molecular complexity index is 1410. The number of hydrogen-bond donors (Lipinski definition) is 1. The molecule has 0 aromatic heterocycles. The van der Waals surface area contributed by atoms with Crippen LogP contribution in [0.15, 0.2) is 65.6 Å². The Balaban J connectivity index is 1.82. The average Bonchev–Trinajstić information content (AvgIpc) is 2.88. The van der Waals surface area contributed by atoms with Crippen LogP contribution in [-0.4, -0.2) is 41.1 Å². The number of nitrogens with one attached hydrogen (secondary N) is 1. The number of sulfonamides is 1. The number of benzene rings is 3. The quantitative estimate of drug-likeness (QED) is 0.452. The van der Waals surface area contributed by atoms with Gasteiger partial charge >= 0.3 is 5.97 Å². The summed E-state index contributed by atoms with van der Waals surface area (Å²) in [6.45, 7) is 0.751. The number of esters is 1. The molecule has 0 aliphatic carbocycles. The third-order valence-corrected chi connectivity index (χ3v) is 7.84. The molecule has 1 aliphatic heterocycles. The molecule has 8 nitrogen and oxygen atoms in total. The molecule has 3 aromatic carbocycles. The first-order valence-corrected chi connectivity index (χ1v) is 13.0. The number of hydrogen-bond acceptors (Lipinski definition) is 7. The number of anilines is 2. The van der Waals surface area contributed by atoms with Crippen LogP contribution in [0.25, 0.3) is 0 Å². The average molecular weight is 529 g/mol. The molecule has 0 spiro atoms. The molecule has 10 heteroatoms. The Labute approximate surface area is 214 Å². The Morgan fingerprint density at radius 1 is 1.03 bits per heavy atom. The molecule has 1 amide bonds. The second kappa shape index (κ2) is 10.6. The standard InChI is InChI=1S/C26H25ClN2O6S/c1-34-23-12-10-20(27)15-24(23)36(32,33)29(21-11-9-18-4-3-13-28-22(18)16-21)26(31)19-7-5-17(6-8-19)14-25(30)35-2/h5-12,15-16,28H,3-4,13-14H2,1-2H3. The Morgan fingerprint density at radius 3 is 2.47 bits per heavy atom. The smallest absolute Gasteiger partial charge is 0.309 e. The van der Waals surface area contributed by atoms with Gasteiger partial charge in [0.1, 0.15) is 10.6 Å². The normalized spacial score (nSPS) is 12.8. The van der Waals surface area contributed by atoms with E-state index in [1.54, 1.807) is 24.3 Å². The molecule has 0 bridgehead atoms. The number of amides is 1. The van der Waals surface area contributed by atoms with Crippen molar-refractivity contribution in [3.05, 3.63) is 82.4 Å². The van der Waals surface area contributed by atoms with Crippen LogP contribution in [-0.2, 0) is 32.4 Å². The highest BCUT2D eigenvalue weighted by Gasteiger charge is 2.35. The number of nitrogens with zero attached hydrogens (tertiary/aromatic N) is 1. The molecule has 0 saturated carbocycles. The molecule has 0 unspecified atom stereocenters. The second-order valence-corrected chi connectivity index (χ2v) is 10.4. The summed E-state index contributed by atoms with van der Waals surface area (Å²) in [7, 11) is -1.82. The molecule has 0 radical (unpaired) electrons. The van der Waals surface area contributed by atoms with Gasteiger partial charge in [0.25, 0.3) is 15.9 Å². The maximum atomic E-state index is 14.0. The van der Waals surface area contributed by atoms with Crippen LogP contribution in [0.2, 0.25) is 5.02 Å². The van der Waals surface area contributed by atoms with Crippen LogP contribution in [0.5, 0.6) is 5.75 Å². The van der Waals surface area contributed by atoms with Gasteiger partial charge in [-0.05, 0) is 66.4 Å². The van der Waals surface area contributed by atoms with Gasteiger partial charge in [-0.25, -0.2) is 8.42 Å². The molecule has 1 heterocycles. The van der Waals surface area contributed by atoms with E-state index in [0.717, 1.165) is 34.9 Å². The number of methoxy groups -OCH3 is 2. The van der Waals surface area contributed by atoms with E-state index in [1.807, 2.05) is 6.07 Å². The third-order valence-electron chi connectivity index (χ3n) is 5.87. The third kappa shape index (κ3) is 5.17. The van der Waals surface area contributed by atoms with Gasteiger partial charge in [-0.1, -0.05) is 29.8 Å². The summed E-state index contributed by atoms with van der Waals surface area (Å²) in [5.41, 5.74) is 2.75. The zero-order valence-electron chi connectivity index (χ0n) is 19.8. The largest absolute Gasteiger partial charge is 0.495 e. The van der Waals surface area contributed by atoms with Crippen LogP contribution < -0.4 is 14.4 Å². The fourth-order valence-electron chi connectivity index (χ4n) is 4.01. The van der Waals surface area contributed by atoms with Crippen molar-refractivity contribution in [1.82, 2.24) is 0 Å². The molecule has 0 atom stereocenters. The molecule has 4 rings (SSSR count). The summed E-state index contributed by atoms with van der Waals surface area (Å²) >= 11 is 6.12. The minimum atomic E-state index is -4.45. The first-order chi connectivity index (χ1) is 17.2. The van der Waals surface area contributed by atoms with Crippen molar-refractivity contribution in [2.45, 2.75) is 24.2 Å². The highest BCUT2D eigenvalue weighted by Crippen LogP contribution is 2.35. The Kier molecular flexibility index (Phi) is 7.51. The van der Waals surface area contributed by atoms with E-state index in [9.17, 15) is 18.0 Å². The second-order valence-electron chi connectivity index (χ2n) is 8.19. The number of ether oxygens (including phenoxy) is 2. The maximum absolute atomic E-state index is 14.0. The fraction of sp³-hybridized carbons (Fsp3) is 0.231. The minimum Gasteiger partial charge on any atom is -0.495 e. The molecule has 188 valence electrons. The molecule has 0 fully saturated rings. The predicted octanol–water partition coefficient (Wildman–Crippen LogP) is 4.46. The van der Waals surface area contributed by atoms with E-state index >= 15 is 0 Å². The first-order valence-electron chi connectivity index (χ1n) is 11.2. The summed E-state index contributed by atoms with van der Waals surface area (Å²) in [5, 5.41) is 3.45. The summed E-state index contributed by atoms with van der Waals surface area (Å²) in [5.74, 6) is -1.13. The molecule has 3 aromatic rings. The van der Waals surface area contributed by atoms with Crippen molar-refractivity contribution in [3.63, 3.8) is 0 Å². The zero-order valence-corrected chi connectivity index (χ0v) is 21.4. The number of rotatable bonds is 7. The predicted molar refractivity (Wildman–Crippen MR) is 137 cm³/mol. The van der Waals surface area contributed by atoms with E-state index < -0.39 is 21.9 Å². The van der Waals surface area contributed by atoms with E-state index in [2.05, 4.69) is 10.1 Å². The van der Waals surface area contributed by atoms with Crippen LogP contribution in [0.3, 0.4) is 0 Å². The lowest BCUT2D eigenvalue weighted by Gasteiger charge is -2.26. The van der Waals surface area contributed by atoms with Gasteiger partial charge in [-0.2, -0.15) is 4.31 Å². The fourth-order valence-corrected chi connectivity index (χ4v) is 5.84. The lowest BCUT2D eigenvalue weighted by atomic mass is 10.0. The molecule has 36 heavy (non-hydrogen) atoms. The zero-order chi connectivity index (χ0) is 25.9. The monoisotopic (exact) mass is 528 g/mol. The Hall–Kier alpha value is -3.56. The van der Waals surface area contributed by atoms with Gasteiger partial charge in [0.15, 0.2) is 0 Å². The van der Waals surface area contributed by atoms with Gasteiger partial charge in [-0.3, -0.25) is 9.59 Å². The number of carbonyl (C=O) groups is 2. The Morgan fingerprint density at radius 2 is 1.78 bits per heavy atom. The van der Waals surface area contributed by atoms with Crippen molar-refractivity contribution >= 4 is 44.9 Å². The lowest BCUT2D eigenvalue weighted by Crippen LogP contribution is -2.37. The number of aryl methyl sites for hydroxylation is 1. The summed E-state index contributed by atoms with van der Waals surface area (Å²) in [6, 6.07) is 15.4. The summed E-state index contributed by atoms with van der Waals surface area (Å²) in [6.07, 6.45) is 1.85. The highest BCUT2D eigenvalue weighted by molar-refractivity contribution is 7.93. The van der Waals surface area contributed by atoms with Gasteiger partial charge in [-0.15, -0.1) is 0 Å². The molecule has 1 N–H and O–H groups in total. The SMILES string of the molecule is COC(=O)Cc1ccc(C(=O)N(c2ccc3c(c2)NCCC3)S(=O)(=O)c2cc(Cl)ccc2OC)cc1. The lowest BCUT2D eigenvalue weighted by molar-refractivity contribution is -0.139. The van der Waals surface area contributed by atoms with Crippen molar-refractivity contribution in [2.24, 2.45) is 0 Å². The van der Waals surface area contributed by atoms with Crippen molar-refractivity contribution in [1.29, 1.82) is 0 Å². The molecular formula is C26H25ClN2O6S. The topological polar surface area (TPSA) is 102 Å². The van der Waals surface area contributed by atoms with E-state index in [-0.39, 0.29) is 33.3 Å². The molecule has 0 saturated heterocycles. The van der Waals surface area contributed by atoms with Gasteiger partial charge < -0.3 is 14.8 Å². The maximum Gasteiger partial charge on any atom is 0.309 e. The van der Waals surface area contributed by atoms with Crippen LogP contribution in [0.1, 0.15) is 27.9 Å². The van der Waals surface area contributed by atoms with Crippen LogP contribution in [0.4, 0.5) is 11.4 Å². The van der Waals surface area contributed by atoms with E-state index in [1.165, 1.54) is 44.6 Å².